The first-order valence-corrected chi connectivity index (χ1v) is 6.96. The van der Waals surface area contributed by atoms with E-state index in [2.05, 4.69) is 29.1 Å². The molecule has 2 rings (SSSR count). The first-order chi connectivity index (χ1) is 9.76. The first kappa shape index (κ1) is 14.5. The SMILES string of the molecule is CCn1ncnc1CC(CN)Cc1cccc(OC)c1. The Morgan fingerprint density at radius 3 is 2.90 bits per heavy atom. The Balaban J connectivity index is 2.05. The number of rotatable bonds is 7. The number of methoxy groups -OCH3 is 1. The van der Waals surface area contributed by atoms with Crippen LogP contribution >= 0.6 is 0 Å². The van der Waals surface area contributed by atoms with Gasteiger partial charge in [-0.2, -0.15) is 5.10 Å². The lowest BCUT2D eigenvalue weighted by Gasteiger charge is -2.15. The summed E-state index contributed by atoms with van der Waals surface area (Å²) >= 11 is 0. The van der Waals surface area contributed by atoms with Crippen LogP contribution < -0.4 is 10.5 Å². The van der Waals surface area contributed by atoms with Crippen LogP contribution in [0.5, 0.6) is 5.75 Å². The maximum Gasteiger partial charge on any atom is 0.138 e. The quantitative estimate of drug-likeness (QED) is 0.834. The maximum atomic E-state index is 5.91. The van der Waals surface area contributed by atoms with Gasteiger partial charge in [0, 0.05) is 13.0 Å². The Hall–Kier alpha value is -1.88. The summed E-state index contributed by atoms with van der Waals surface area (Å²) in [6, 6.07) is 8.13. The molecular formula is C15H22N4O. The molecule has 0 saturated carbocycles. The van der Waals surface area contributed by atoms with Gasteiger partial charge in [-0.15, -0.1) is 0 Å². The minimum Gasteiger partial charge on any atom is -0.497 e. The fraction of sp³-hybridized carbons (Fsp3) is 0.467. The summed E-state index contributed by atoms with van der Waals surface area (Å²) in [5.41, 5.74) is 7.15. The second kappa shape index (κ2) is 7.05. The fourth-order valence-electron chi connectivity index (χ4n) is 2.34. The highest BCUT2D eigenvalue weighted by atomic mass is 16.5. The van der Waals surface area contributed by atoms with Crippen LogP contribution in [-0.2, 0) is 19.4 Å². The lowest BCUT2D eigenvalue weighted by molar-refractivity contribution is 0.413. The van der Waals surface area contributed by atoms with Crippen LogP contribution in [0.4, 0.5) is 0 Å². The van der Waals surface area contributed by atoms with Gasteiger partial charge in [0.25, 0.3) is 0 Å². The highest BCUT2D eigenvalue weighted by Crippen LogP contribution is 2.17. The Morgan fingerprint density at radius 1 is 1.35 bits per heavy atom. The van der Waals surface area contributed by atoms with Crippen molar-refractivity contribution in [2.45, 2.75) is 26.3 Å². The fourth-order valence-corrected chi connectivity index (χ4v) is 2.34. The molecule has 5 nitrogen and oxygen atoms in total. The van der Waals surface area contributed by atoms with Crippen LogP contribution in [0.25, 0.3) is 0 Å². The molecule has 0 saturated heterocycles. The third kappa shape index (κ3) is 3.57. The standard InChI is InChI=1S/C15H22N4O/c1-3-19-15(17-11-18-19)9-13(10-16)7-12-5-4-6-14(8-12)20-2/h4-6,8,11,13H,3,7,9-10,16H2,1-2H3. The molecular weight excluding hydrogens is 252 g/mol. The van der Waals surface area contributed by atoms with Gasteiger partial charge in [-0.3, -0.25) is 4.68 Å². The zero-order chi connectivity index (χ0) is 14.4. The van der Waals surface area contributed by atoms with E-state index in [1.165, 1.54) is 5.56 Å². The Bertz CT molecular complexity index is 538. The van der Waals surface area contributed by atoms with Crippen molar-refractivity contribution in [3.63, 3.8) is 0 Å². The minimum absolute atomic E-state index is 0.358. The third-order valence-electron chi connectivity index (χ3n) is 3.46. The number of aryl methyl sites for hydroxylation is 1. The molecule has 0 bridgehead atoms. The molecule has 5 heteroatoms. The van der Waals surface area contributed by atoms with E-state index in [1.807, 2.05) is 16.8 Å². The van der Waals surface area contributed by atoms with Gasteiger partial charge in [0.05, 0.1) is 7.11 Å². The molecule has 1 atom stereocenters. The lowest BCUT2D eigenvalue weighted by Crippen LogP contribution is -2.21. The molecule has 1 heterocycles. The molecule has 0 amide bonds. The Labute approximate surface area is 119 Å². The molecule has 0 radical (unpaired) electrons. The molecule has 2 N–H and O–H groups in total. The van der Waals surface area contributed by atoms with Crippen molar-refractivity contribution in [2.75, 3.05) is 13.7 Å². The normalized spacial score (nSPS) is 12.3. The van der Waals surface area contributed by atoms with Gasteiger partial charge in [-0.05, 0) is 43.5 Å². The zero-order valence-corrected chi connectivity index (χ0v) is 12.1. The number of nitrogens with two attached hydrogens (primary N) is 1. The van der Waals surface area contributed by atoms with Gasteiger partial charge < -0.3 is 10.5 Å². The van der Waals surface area contributed by atoms with Crippen molar-refractivity contribution in [1.29, 1.82) is 0 Å². The first-order valence-electron chi connectivity index (χ1n) is 6.96. The van der Waals surface area contributed by atoms with Crippen molar-refractivity contribution >= 4 is 0 Å². The van der Waals surface area contributed by atoms with Crippen molar-refractivity contribution in [2.24, 2.45) is 11.7 Å². The van der Waals surface area contributed by atoms with E-state index in [4.69, 9.17) is 10.5 Å². The van der Waals surface area contributed by atoms with E-state index in [-0.39, 0.29) is 0 Å². The van der Waals surface area contributed by atoms with Crippen molar-refractivity contribution in [1.82, 2.24) is 14.8 Å². The van der Waals surface area contributed by atoms with Crippen LogP contribution in [0, 0.1) is 5.92 Å². The van der Waals surface area contributed by atoms with Crippen LogP contribution in [-0.4, -0.2) is 28.4 Å². The molecule has 0 fully saturated rings. The van der Waals surface area contributed by atoms with E-state index in [0.29, 0.717) is 12.5 Å². The van der Waals surface area contributed by atoms with Gasteiger partial charge in [0.2, 0.25) is 0 Å². The summed E-state index contributed by atoms with van der Waals surface area (Å²) in [5.74, 6) is 2.25. The molecule has 0 spiro atoms. The van der Waals surface area contributed by atoms with E-state index >= 15 is 0 Å². The van der Waals surface area contributed by atoms with E-state index < -0.39 is 0 Å². The van der Waals surface area contributed by atoms with Crippen LogP contribution in [0.2, 0.25) is 0 Å². The third-order valence-corrected chi connectivity index (χ3v) is 3.46. The molecule has 1 unspecified atom stereocenters. The van der Waals surface area contributed by atoms with Crippen LogP contribution in [0.1, 0.15) is 18.3 Å². The summed E-state index contributed by atoms with van der Waals surface area (Å²) in [5, 5.41) is 4.20. The van der Waals surface area contributed by atoms with Crippen LogP contribution in [0.15, 0.2) is 30.6 Å². The predicted octanol–water partition coefficient (Wildman–Crippen LogP) is 1.67. The van der Waals surface area contributed by atoms with Crippen molar-refractivity contribution in [3.8, 4) is 5.75 Å². The van der Waals surface area contributed by atoms with E-state index in [9.17, 15) is 0 Å². The number of hydrogen-bond acceptors (Lipinski definition) is 4. The molecule has 0 aliphatic rings. The summed E-state index contributed by atoms with van der Waals surface area (Å²) < 4.78 is 7.18. The average molecular weight is 274 g/mol. The van der Waals surface area contributed by atoms with Crippen molar-refractivity contribution < 1.29 is 4.74 Å². The molecule has 20 heavy (non-hydrogen) atoms. The smallest absolute Gasteiger partial charge is 0.138 e. The zero-order valence-electron chi connectivity index (χ0n) is 12.1. The predicted molar refractivity (Wildman–Crippen MR) is 78.6 cm³/mol. The second-order valence-electron chi connectivity index (χ2n) is 4.85. The van der Waals surface area contributed by atoms with Gasteiger partial charge in [-0.1, -0.05) is 12.1 Å². The minimum atomic E-state index is 0.358. The molecule has 0 aliphatic heterocycles. The van der Waals surface area contributed by atoms with Gasteiger partial charge >= 0.3 is 0 Å². The monoisotopic (exact) mass is 274 g/mol. The van der Waals surface area contributed by atoms with Crippen LogP contribution in [0.3, 0.4) is 0 Å². The Morgan fingerprint density at radius 2 is 2.20 bits per heavy atom. The molecule has 1 aromatic carbocycles. The number of benzene rings is 1. The molecule has 108 valence electrons. The lowest BCUT2D eigenvalue weighted by atomic mass is 9.96. The average Bonchev–Trinajstić information content (AvgIpc) is 2.94. The molecule has 0 aliphatic carbocycles. The van der Waals surface area contributed by atoms with E-state index in [1.54, 1.807) is 13.4 Å². The Kier molecular flexibility index (Phi) is 5.12. The highest BCUT2D eigenvalue weighted by Gasteiger charge is 2.13. The maximum absolute atomic E-state index is 5.91. The van der Waals surface area contributed by atoms with Gasteiger partial charge in [-0.25, -0.2) is 4.98 Å². The second-order valence-corrected chi connectivity index (χ2v) is 4.85. The number of hydrogen-bond donors (Lipinski definition) is 1. The molecule has 1 aromatic heterocycles. The van der Waals surface area contributed by atoms with Gasteiger partial charge in [0.1, 0.15) is 17.9 Å². The summed E-state index contributed by atoms with van der Waals surface area (Å²) in [7, 11) is 1.68. The molecule has 2 aromatic rings. The highest BCUT2D eigenvalue weighted by molar-refractivity contribution is 5.28. The largest absolute Gasteiger partial charge is 0.497 e. The summed E-state index contributed by atoms with van der Waals surface area (Å²) in [6.45, 7) is 3.54. The number of ether oxygens (including phenoxy) is 1. The summed E-state index contributed by atoms with van der Waals surface area (Å²) in [4.78, 5) is 4.32. The van der Waals surface area contributed by atoms with E-state index in [0.717, 1.165) is 31.0 Å². The number of aromatic nitrogens is 3. The van der Waals surface area contributed by atoms with Crippen molar-refractivity contribution in [3.05, 3.63) is 42.0 Å². The number of nitrogens with zero attached hydrogens (tertiary/aromatic N) is 3. The topological polar surface area (TPSA) is 66.0 Å². The summed E-state index contributed by atoms with van der Waals surface area (Å²) in [6.07, 6.45) is 3.38. The van der Waals surface area contributed by atoms with Gasteiger partial charge in [0.15, 0.2) is 0 Å².